The molecular weight excluding hydrogens is 266 g/mol. The maximum Gasteiger partial charge on any atom is 0.237 e. The van der Waals surface area contributed by atoms with Crippen LogP contribution in [0.1, 0.15) is 32.4 Å². The molecule has 1 aromatic rings. The van der Waals surface area contributed by atoms with Crippen LogP contribution < -0.4 is 10.6 Å². The Hall–Kier alpha value is -1.33. The lowest BCUT2D eigenvalue weighted by atomic mass is 9.90. The lowest BCUT2D eigenvalue weighted by molar-refractivity contribution is -0.126. The second-order valence-corrected chi connectivity index (χ2v) is 5.92. The summed E-state index contributed by atoms with van der Waals surface area (Å²) >= 11 is 0. The summed E-state index contributed by atoms with van der Waals surface area (Å²) < 4.78 is 5.23. The first-order valence-electron chi connectivity index (χ1n) is 7.83. The van der Waals surface area contributed by atoms with Gasteiger partial charge in [-0.3, -0.25) is 9.69 Å². The molecule has 2 unspecified atom stereocenters. The van der Waals surface area contributed by atoms with Crippen molar-refractivity contribution in [1.29, 1.82) is 0 Å². The average molecular weight is 293 g/mol. The van der Waals surface area contributed by atoms with Crippen molar-refractivity contribution in [2.24, 2.45) is 5.92 Å². The van der Waals surface area contributed by atoms with Crippen molar-refractivity contribution in [2.45, 2.75) is 45.3 Å². The van der Waals surface area contributed by atoms with E-state index in [2.05, 4.69) is 22.5 Å². The number of carbonyl (C=O) groups is 1. The van der Waals surface area contributed by atoms with E-state index in [9.17, 15) is 4.79 Å². The van der Waals surface area contributed by atoms with Crippen molar-refractivity contribution < 1.29 is 9.21 Å². The predicted octanol–water partition coefficient (Wildman–Crippen LogP) is 1.60. The molecule has 1 aliphatic rings. The summed E-state index contributed by atoms with van der Waals surface area (Å²) in [5.41, 5.74) is 0. The smallest absolute Gasteiger partial charge is 0.237 e. The molecule has 1 amide bonds. The first kappa shape index (κ1) is 16.0. The zero-order chi connectivity index (χ0) is 15.2. The molecule has 0 bridgehead atoms. The van der Waals surface area contributed by atoms with E-state index in [1.165, 1.54) is 0 Å². The highest BCUT2D eigenvalue weighted by Gasteiger charge is 2.28. The van der Waals surface area contributed by atoms with E-state index >= 15 is 0 Å². The molecule has 118 valence electrons. The number of hydrogen-bond donors (Lipinski definition) is 2. The van der Waals surface area contributed by atoms with Crippen molar-refractivity contribution in [3.8, 4) is 0 Å². The Balaban J connectivity index is 1.75. The number of piperidine rings is 1. The minimum Gasteiger partial charge on any atom is -0.467 e. The molecule has 1 fully saturated rings. The van der Waals surface area contributed by atoms with Gasteiger partial charge in [-0.15, -0.1) is 0 Å². The van der Waals surface area contributed by atoms with Crippen LogP contribution in [-0.2, 0) is 11.3 Å². The second-order valence-electron chi connectivity index (χ2n) is 5.92. The Bertz CT molecular complexity index is 425. The molecule has 0 aromatic carbocycles. The number of nitrogens with one attached hydrogen (secondary N) is 2. The number of furan rings is 1. The average Bonchev–Trinajstić information content (AvgIpc) is 3.04. The number of hydrogen-bond acceptors (Lipinski definition) is 4. The van der Waals surface area contributed by atoms with Gasteiger partial charge < -0.3 is 15.1 Å². The Morgan fingerprint density at radius 2 is 2.14 bits per heavy atom. The normalized spacial score (nSPS) is 20.1. The molecule has 5 nitrogen and oxygen atoms in total. The largest absolute Gasteiger partial charge is 0.467 e. The molecule has 2 rings (SSSR count). The zero-order valence-corrected chi connectivity index (χ0v) is 13.3. The van der Waals surface area contributed by atoms with Crippen LogP contribution in [0.25, 0.3) is 0 Å². The van der Waals surface area contributed by atoms with Crippen LogP contribution in [0.15, 0.2) is 22.8 Å². The Labute approximate surface area is 127 Å². The molecule has 1 aliphatic heterocycles. The molecule has 2 atom stereocenters. The number of carbonyl (C=O) groups excluding carboxylic acids is 1. The Kier molecular flexibility index (Phi) is 5.82. The zero-order valence-electron chi connectivity index (χ0n) is 13.3. The van der Waals surface area contributed by atoms with Gasteiger partial charge in [-0.2, -0.15) is 0 Å². The third-order valence-electron chi connectivity index (χ3n) is 4.68. The molecule has 1 saturated heterocycles. The van der Waals surface area contributed by atoms with Gasteiger partial charge in [0.15, 0.2) is 0 Å². The van der Waals surface area contributed by atoms with Gasteiger partial charge in [0.05, 0.1) is 18.8 Å². The summed E-state index contributed by atoms with van der Waals surface area (Å²) in [6, 6.07) is 4.18. The van der Waals surface area contributed by atoms with E-state index in [0.717, 1.165) is 31.7 Å². The number of nitrogens with zero attached hydrogens (tertiary/aromatic N) is 1. The van der Waals surface area contributed by atoms with Crippen molar-refractivity contribution in [1.82, 2.24) is 15.5 Å². The first-order chi connectivity index (χ1) is 10.1. The molecule has 2 N–H and O–H groups in total. The van der Waals surface area contributed by atoms with Crippen LogP contribution in [0.2, 0.25) is 0 Å². The summed E-state index contributed by atoms with van der Waals surface area (Å²) in [4.78, 5) is 14.5. The van der Waals surface area contributed by atoms with Crippen LogP contribution in [-0.4, -0.2) is 43.0 Å². The third-order valence-corrected chi connectivity index (χ3v) is 4.68. The van der Waals surface area contributed by atoms with Gasteiger partial charge in [0.1, 0.15) is 5.76 Å². The summed E-state index contributed by atoms with van der Waals surface area (Å²) in [5.74, 6) is 1.58. The van der Waals surface area contributed by atoms with Crippen LogP contribution in [0.5, 0.6) is 0 Å². The topological polar surface area (TPSA) is 57.5 Å². The minimum atomic E-state index is -0.0780. The molecule has 0 saturated carbocycles. The van der Waals surface area contributed by atoms with Crippen LogP contribution >= 0.6 is 0 Å². The van der Waals surface area contributed by atoms with E-state index < -0.39 is 0 Å². The Morgan fingerprint density at radius 3 is 2.71 bits per heavy atom. The molecule has 5 heteroatoms. The van der Waals surface area contributed by atoms with E-state index in [1.807, 2.05) is 26.1 Å². The van der Waals surface area contributed by atoms with Crippen molar-refractivity contribution in [3.63, 3.8) is 0 Å². The number of rotatable bonds is 6. The number of likely N-dealkylation sites (tertiary alicyclic amines) is 1. The fourth-order valence-electron chi connectivity index (χ4n) is 2.94. The summed E-state index contributed by atoms with van der Waals surface area (Å²) in [6.45, 7) is 6.67. The maximum atomic E-state index is 12.2. The Morgan fingerprint density at radius 1 is 1.43 bits per heavy atom. The summed E-state index contributed by atoms with van der Waals surface area (Å²) in [6.07, 6.45) is 3.92. The van der Waals surface area contributed by atoms with E-state index in [0.29, 0.717) is 18.5 Å². The highest BCUT2D eigenvalue weighted by atomic mass is 16.3. The molecule has 0 spiro atoms. The van der Waals surface area contributed by atoms with E-state index in [-0.39, 0.29) is 11.9 Å². The van der Waals surface area contributed by atoms with Crippen molar-refractivity contribution in [3.05, 3.63) is 24.2 Å². The highest BCUT2D eigenvalue weighted by molar-refractivity contribution is 5.81. The van der Waals surface area contributed by atoms with Crippen LogP contribution in [0.4, 0.5) is 0 Å². The van der Waals surface area contributed by atoms with Gasteiger partial charge in [-0.25, -0.2) is 0 Å². The van der Waals surface area contributed by atoms with Crippen LogP contribution in [0, 0.1) is 5.92 Å². The lowest BCUT2D eigenvalue weighted by Crippen LogP contribution is -2.49. The SMILES string of the molecule is CNC(C)C1CCN(C(C)C(=O)NCc2ccco2)CC1. The fraction of sp³-hybridized carbons (Fsp3) is 0.688. The van der Waals surface area contributed by atoms with E-state index in [4.69, 9.17) is 4.42 Å². The van der Waals surface area contributed by atoms with Gasteiger partial charge in [0.25, 0.3) is 0 Å². The molecule has 1 aromatic heterocycles. The van der Waals surface area contributed by atoms with Crippen LogP contribution in [0.3, 0.4) is 0 Å². The first-order valence-corrected chi connectivity index (χ1v) is 7.83. The predicted molar refractivity (Wildman–Crippen MR) is 82.8 cm³/mol. The van der Waals surface area contributed by atoms with Gasteiger partial charge in [-0.05, 0) is 64.9 Å². The summed E-state index contributed by atoms with van der Waals surface area (Å²) in [5, 5.41) is 6.27. The monoisotopic (exact) mass is 293 g/mol. The number of amides is 1. The standard InChI is InChI=1S/C16H27N3O2/c1-12(17-3)14-6-8-19(9-7-14)13(2)16(20)18-11-15-5-4-10-21-15/h4-5,10,12-14,17H,6-9,11H2,1-3H3,(H,18,20). The van der Waals surface area contributed by atoms with Gasteiger partial charge in [0.2, 0.25) is 5.91 Å². The molecule has 21 heavy (non-hydrogen) atoms. The minimum absolute atomic E-state index is 0.0755. The molecule has 0 aliphatic carbocycles. The molecule has 2 heterocycles. The van der Waals surface area contributed by atoms with Gasteiger partial charge in [0, 0.05) is 6.04 Å². The molecular formula is C16H27N3O2. The molecule has 0 radical (unpaired) electrons. The van der Waals surface area contributed by atoms with Crippen molar-refractivity contribution >= 4 is 5.91 Å². The summed E-state index contributed by atoms with van der Waals surface area (Å²) in [7, 11) is 2.02. The van der Waals surface area contributed by atoms with Crippen molar-refractivity contribution in [2.75, 3.05) is 20.1 Å². The van der Waals surface area contributed by atoms with Gasteiger partial charge >= 0.3 is 0 Å². The third kappa shape index (κ3) is 4.32. The fourth-order valence-corrected chi connectivity index (χ4v) is 2.94. The van der Waals surface area contributed by atoms with E-state index in [1.54, 1.807) is 6.26 Å². The maximum absolute atomic E-state index is 12.2. The van der Waals surface area contributed by atoms with Gasteiger partial charge in [-0.1, -0.05) is 0 Å². The second kappa shape index (κ2) is 7.61. The highest BCUT2D eigenvalue weighted by Crippen LogP contribution is 2.21. The lowest BCUT2D eigenvalue weighted by Gasteiger charge is -2.37. The quantitative estimate of drug-likeness (QED) is 0.836.